The molecule has 5 nitrogen and oxygen atoms in total. The van der Waals surface area contributed by atoms with Gasteiger partial charge in [-0.2, -0.15) is 5.10 Å². The lowest BCUT2D eigenvalue weighted by Crippen LogP contribution is -2.45. The van der Waals surface area contributed by atoms with Gasteiger partial charge in [0.2, 0.25) is 0 Å². The molecule has 1 aromatic heterocycles. The van der Waals surface area contributed by atoms with Gasteiger partial charge in [0.25, 0.3) is 5.91 Å². The number of aromatic nitrogens is 2. The molecule has 2 aromatic rings. The molecule has 1 aliphatic rings. The van der Waals surface area contributed by atoms with E-state index < -0.39 is 0 Å². The molecule has 0 bridgehead atoms. The highest BCUT2D eigenvalue weighted by Crippen LogP contribution is 2.23. The molecule has 0 spiro atoms. The summed E-state index contributed by atoms with van der Waals surface area (Å²) in [5, 5.41) is 6.81. The van der Waals surface area contributed by atoms with Crippen LogP contribution in [0, 0.1) is 5.82 Å². The van der Waals surface area contributed by atoms with E-state index in [2.05, 4.69) is 10.2 Å². The summed E-state index contributed by atoms with van der Waals surface area (Å²) >= 11 is 0. The van der Waals surface area contributed by atoms with Crippen LogP contribution in [-0.2, 0) is 4.74 Å². The van der Waals surface area contributed by atoms with E-state index in [0.717, 1.165) is 12.0 Å². The maximum Gasteiger partial charge on any atom is 0.257 e. The third-order valence-electron chi connectivity index (χ3n) is 3.88. The molecule has 1 fully saturated rings. The smallest absolute Gasteiger partial charge is 0.257 e. The number of carbonyl (C=O) groups excluding carboxylic acids is 1. The standard InChI is InChI=1S/C16H18FN3O2/c1-2-13-10-20(7-8-22-13)16(21)14-9-18-19-15(14)11-3-5-12(17)6-4-11/h3-6,9,13H,2,7-8,10H2,1H3,(H,18,19)/t13-/m0/s1. The van der Waals surface area contributed by atoms with Crippen LogP contribution in [0.15, 0.2) is 30.5 Å². The molecular weight excluding hydrogens is 285 g/mol. The van der Waals surface area contributed by atoms with Crippen molar-refractivity contribution in [1.29, 1.82) is 0 Å². The van der Waals surface area contributed by atoms with Crippen LogP contribution < -0.4 is 0 Å². The first-order valence-electron chi connectivity index (χ1n) is 7.39. The van der Waals surface area contributed by atoms with Crippen LogP contribution >= 0.6 is 0 Å². The number of halogens is 1. The van der Waals surface area contributed by atoms with Gasteiger partial charge in [-0.1, -0.05) is 6.92 Å². The van der Waals surface area contributed by atoms with E-state index >= 15 is 0 Å². The molecule has 0 aliphatic carbocycles. The van der Waals surface area contributed by atoms with Crippen molar-refractivity contribution in [2.45, 2.75) is 19.4 Å². The quantitative estimate of drug-likeness (QED) is 0.947. The number of amides is 1. The van der Waals surface area contributed by atoms with Crippen molar-refractivity contribution in [3.8, 4) is 11.3 Å². The monoisotopic (exact) mass is 303 g/mol. The van der Waals surface area contributed by atoms with E-state index in [9.17, 15) is 9.18 Å². The van der Waals surface area contributed by atoms with Crippen molar-refractivity contribution in [2.24, 2.45) is 0 Å². The number of carbonyl (C=O) groups is 1. The highest BCUT2D eigenvalue weighted by Gasteiger charge is 2.26. The number of nitrogens with zero attached hydrogens (tertiary/aromatic N) is 2. The summed E-state index contributed by atoms with van der Waals surface area (Å²) in [6.07, 6.45) is 2.48. The van der Waals surface area contributed by atoms with Crippen LogP contribution in [0.1, 0.15) is 23.7 Å². The van der Waals surface area contributed by atoms with Crippen molar-refractivity contribution >= 4 is 5.91 Å². The first kappa shape index (κ1) is 14.7. The van der Waals surface area contributed by atoms with Gasteiger partial charge in [0.05, 0.1) is 30.2 Å². The van der Waals surface area contributed by atoms with Gasteiger partial charge < -0.3 is 9.64 Å². The molecule has 22 heavy (non-hydrogen) atoms. The van der Waals surface area contributed by atoms with E-state index in [1.54, 1.807) is 17.0 Å². The van der Waals surface area contributed by atoms with E-state index in [4.69, 9.17) is 4.74 Å². The Labute approximate surface area is 128 Å². The van der Waals surface area contributed by atoms with Crippen molar-refractivity contribution in [1.82, 2.24) is 15.1 Å². The molecular formula is C16H18FN3O2. The molecule has 6 heteroatoms. The number of H-pyrrole nitrogens is 1. The molecule has 0 radical (unpaired) electrons. The summed E-state index contributed by atoms with van der Waals surface area (Å²) in [5.74, 6) is -0.384. The molecule has 1 aliphatic heterocycles. The molecule has 116 valence electrons. The minimum Gasteiger partial charge on any atom is -0.375 e. The number of benzene rings is 1. The molecule has 1 saturated heterocycles. The average molecular weight is 303 g/mol. The Morgan fingerprint density at radius 3 is 2.95 bits per heavy atom. The topological polar surface area (TPSA) is 58.2 Å². The molecule has 0 unspecified atom stereocenters. The number of rotatable bonds is 3. The van der Waals surface area contributed by atoms with Crippen LogP contribution in [-0.4, -0.2) is 46.8 Å². The summed E-state index contributed by atoms with van der Waals surface area (Å²) in [5.41, 5.74) is 1.86. The first-order valence-corrected chi connectivity index (χ1v) is 7.39. The van der Waals surface area contributed by atoms with E-state index in [0.29, 0.717) is 31.0 Å². The lowest BCUT2D eigenvalue weighted by molar-refractivity contribution is -0.0226. The molecule has 1 N–H and O–H groups in total. The van der Waals surface area contributed by atoms with Gasteiger partial charge >= 0.3 is 0 Å². The van der Waals surface area contributed by atoms with E-state index in [1.807, 2.05) is 6.92 Å². The normalized spacial score (nSPS) is 18.5. The second kappa shape index (κ2) is 6.27. The van der Waals surface area contributed by atoms with E-state index in [-0.39, 0.29) is 17.8 Å². The number of hydrogen-bond donors (Lipinski definition) is 1. The van der Waals surface area contributed by atoms with Crippen molar-refractivity contribution in [3.63, 3.8) is 0 Å². The zero-order chi connectivity index (χ0) is 15.5. The third kappa shape index (κ3) is 2.87. The van der Waals surface area contributed by atoms with Crippen LogP contribution in [0.5, 0.6) is 0 Å². The zero-order valence-electron chi connectivity index (χ0n) is 12.4. The molecule has 0 saturated carbocycles. The third-order valence-corrected chi connectivity index (χ3v) is 3.88. The van der Waals surface area contributed by atoms with Gasteiger partial charge in [-0.3, -0.25) is 9.89 Å². The minimum absolute atomic E-state index is 0.0742. The Balaban J connectivity index is 1.85. The van der Waals surface area contributed by atoms with Gasteiger partial charge in [-0.05, 0) is 30.7 Å². The number of aromatic amines is 1. The Bertz CT molecular complexity index is 654. The Hall–Kier alpha value is -2.21. The summed E-state index contributed by atoms with van der Waals surface area (Å²) < 4.78 is 18.6. The lowest BCUT2D eigenvalue weighted by Gasteiger charge is -2.32. The maximum absolute atomic E-state index is 13.0. The molecule has 2 heterocycles. The molecule has 3 rings (SSSR count). The number of nitrogens with one attached hydrogen (secondary N) is 1. The summed E-state index contributed by atoms with van der Waals surface area (Å²) in [6.45, 7) is 3.75. The lowest BCUT2D eigenvalue weighted by atomic mass is 10.1. The van der Waals surface area contributed by atoms with Gasteiger partial charge in [-0.15, -0.1) is 0 Å². The molecule has 1 amide bonds. The number of morpholine rings is 1. The first-order chi connectivity index (χ1) is 10.7. The van der Waals surface area contributed by atoms with Crippen molar-refractivity contribution in [2.75, 3.05) is 19.7 Å². The van der Waals surface area contributed by atoms with Crippen LogP contribution in [0.4, 0.5) is 4.39 Å². The predicted molar refractivity (Wildman–Crippen MR) is 79.9 cm³/mol. The number of ether oxygens (including phenoxy) is 1. The summed E-state index contributed by atoms with van der Waals surface area (Å²) in [6, 6.07) is 6.00. The second-order valence-electron chi connectivity index (χ2n) is 5.32. The highest BCUT2D eigenvalue weighted by molar-refractivity contribution is 5.99. The summed E-state index contributed by atoms with van der Waals surface area (Å²) in [4.78, 5) is 14.5. The molecule has 1 atom stereocenters. The average Bonchev–Trinajstić information content (AvgIpc) is 3.04. The van der Waals surface area contributed by atoms with E-state index in [1.165, 1.54) is 18.3 Å². The SMILES string of the molecule is CC[C@H]1CN(C(=O)c2cn[nH]c2-c2ccc(F)cc2)CCO1. The van der Waals surface area contributed by atoms with Crippen LogP contribution in [0.3, 0.4) is 0 Å². The van der Waals surface area contributed by atoms with Gasteiger partial charge in [0.15, 0.2) is 0 Å². The van der Waals surface area contributed by atoms with Gasteiger partial charge in [-0.25, -0.2) is 4.39 Å². The fraction of sp³-hybridized carbons (Fsp3) is 0.375. The Morgan fingerprint density at radius 1 is 1.45 bits per heavy atom. The predicted octanol–water partition coefficient (Wildman–Crippen LogP) is 2.47. The van der Waals surface area contributed by atoms with Gasteiger partial charge in [0, 0.05) is 18.7 Å². The van der Waals surface area contributed by atoms with Crippen molar-refractivity contribution in [3.05, 3.63) is 41.8 Å². The van der Waals surface area contributed by atoms with Crippen LogP contribution in [0.2, 0.25) is 0 Å². The second-order valence-corrected chi connectivity index (χ2v) is 5.32. The Morgan fingerprint density at radius 2 is 2.23 bits per heavy atom. The molecule has 1 aromatic carbocycles. The fourth-order valence-corrected chi connectivity index (χ4v) is 2.61. The van der Waals surface area contributed by atoms with Gasteiger partial charge in [0.1, 0.15) is 5.82 Å². The summed E-state index contributed by atoms with van der Waals surface area (Å²) in [7, 11) is 0. The highest BCUT2D eigenvalue weighted by atomic mass is 19.1. The number of hydrogen-bond acceptors (Lipinski definition) is 3. The fourth-order valence-electron chi connectivity index (χ4n) is 2.61. The Kier molecular flexibility index (Phi) is 4.20. The minimum atomic E-state index is -0.310. The maximum atomic E-state index is 13.0. The largest absolute Gasteiger partial charge is 0.375 e. The zero-order valence-corrected chi connectivity index (χ0v) is 12.4. The van der Waals surface area contributed by atoms with Crippen molar-refractivity contribution < 1.29 is 13.9 Å². The van der Waals surface area contributed by atoms with Crippen LogP contribution in [0.25, 0.3) is 11.3 Å².